The topological polar surface area (TPSA) is 45.6 Å². The minimum atomic E-state index is 0.369. The predicted octanol–water partition coefficient (Wildman–Crippen LogP) is 2.43. The molecular weight excluding hydrogens is 240 g/mol. The molecule has 1 saturated heterocycles. The van der Waals surface area contributed by atoms with Gasteiger partial charge in [0, 0.05) is 33.0 Å². The molecular formula is C15H26N2O2. The Hall–Kier alpha value is -1.13. The molecule has 19 heavy (non-hydrogen) atoms. The number of pyridine rings is 1. The lowest BCUT2D eigenvalue weighted by Gasteiger charge is -2.33. The van der Waals surface area contributed by atoms with Crippen molar-refractivity contribution in [1.29, 1.82) is 0 Å². The van der Waals surface area contributed by atoms with Crippen LogP contribution in [0.3, 0.4) is 0 Å². The molecule has 0 saturated carbocycles. The van der Waals surface area contributed by atoms with Crippen LogP contribution in [0.5, 0.6) is 0 Å². The van der Waals surface area contributed by atoms with E-state index in [9.17, 15) is 0 Å². The maximum Gasteiger partial charge on any atom is 0.0746 e. The van der Waals surface area contributed by atoms with Crippen LogP contribution in [0.1, 0.15) is 38.3 Å². The van der Waals surface area contributed by atoms with Gasteiger partial charge in [0.2, 0.25) is 0 Å². The molecule has 1 unspecified atom stereocenters. The van der Waals surface area contributed by atoms with E-state index >= 15 is 0 Å². The lowest BCUT2D eigenvalue weighted by atomic mass is 10.1. The molecule has 1 aliphatic heterocycles. The Labute approximate surface area is 116 Å². The fraction of sp³-hybridized carbons (Fsp3) is 0.667. The average Bonchev–Trinajstić information content (AvgIpc) is 2.49. The van der Waals surface area contributed by atoms with Crippen molar-refractivity contribution in [3.8, 4) is 0 Å². The van der Waals surface area contributed by atoms with E-state index in [1.54, 1.807) is 7.11 Å². The van der Waals surface area contributed by atoms with E-state index in [0.29, 0.717) is 12.0 Å². The molecule has 1 aromatic rings. The van der Waals surface area contributed by atoms with Crippen molar-refractivity contribution in [3.63, 3.8) is 0 Å². The summed E-state index contributed by atoms with van der Waals surface area (Å²) in [5.74, 6) is 0.497. The van der Waals surface area contributed by atoms with Crippen molar-refractivity contribution in [1.82, 2.24) is 4.98 Å². The van der Waals surface area contributed by atoms with Crippen LogP contribution in [-0.4, -0.2) is 43.5 Å². The minimum Gasteiger partial charge on any atom is -0.400 e. The zero-order valence-corrected chi connectivity index (χ0v) is 12.5. The van der Waals surface area contributed by atoms with Crippen LogP contribution in [0.15, 0.2) is 18.3 Å². The molecule has 1 aromatic heterocycles. The summed E-state index contributed by atoms with van der Waals surface area (Å²) in [5, 5.41) is 7.00. The summed E-state index contributed by atoms with van der Waals surface area (Å²) in [6, 6.07) is 4.32. The number of methoxy groups -OCH3 is 1. The van der Waals surface area contributed by atoms with Gasteiger partial charge in [0.15, 0.2) is 0 Å². The normalized spacial score (nSPS) is 19.1. The van der Waals surface area contributed by atoms with Gasteiger partial charge in [-0.15, -0.1) is 0 Å². The molecule has 0 amide bonds. The van der Waals surface area contributed by atoms with Gasteiger partial charge in [-0.2, -0.15) is 0 Å². The predicted molar refractivity (Wildman–Crippen MR) is 78.7 cm³/mol. The largest absolute Gasteiger partial charge is 0.400 e. The summed E-state index contributed by atoms with van der Waals surface area (Å²) in [6.45, 7) is 6.44. The fourth-order valence-electron chi connectivity index (χ4n) is 2.29. The van der Waals surface area contributed by atoms with E-state index in [4.69, 9.17) is 9.84 Å². The quantitative estimate of drug-likeness (QED) is 0.912. The monoisotopic (exact) mass is 266 g/mol. The third kappa shape index (κ3) is 4.48. The molecule has 0 radical (unpaired) electrons. The van der Waals surface area contributed by atoms with Crippen LogP contribution < -0.4 is 4.90 Å². The maximum absolute atomic E-state index is 7.00. The Morgan fingerprint density at radius 1 is 1.37 bits per heavy atom. The number of hydrogen-bond acceptors (Lipinski definition) is 4. The van der Waals surface area contributed by atoms with E-state index in [1.165, 1.54) is 18.5 Å². The standard InChI is InChI=1S/C14H22N2O.CH4O/c1-11(2)14-7-6-12(9-15-14)16-8-4-5-13(10-16)17-3;1-2/h6-7,9,11,13H,4-5,8,10H2,1-3H3;2H,1H3. The number of aliphatic hydroxyl groups excluding tert-OH is 1. The molecule has 1 N–H and O–H groups in total. The molecule has 0 aliphatic carbocycles. The van der Waals surface area contributed by atoms with Crippen molar-refractivity contribution >= 4 is 5.69 Å². The zero-order valence-electron chi connectivity index (χ0n) is 12.5. The highest BCUT2D eigenvalue weighted by Crippen LogP contribution is 2.22. The van der Waals surface area contributed by atoms with Gasteiger partial charge in [-0.25, -0.2) is 0 Å². The smallest absolute Gasteiger partial charge is 0.0746 e. The summed E-state index contributed by atoms with van der Waals surface area (Å²) >= 11 is 0. The minimum absolute atomic E-state index is 0.369. The first-order valence-corrected chi connectivity index (χ1v) is 6.89. The second-order valence-electron chi connectivity index (χ2n) is 5.04. The van der Waals surface area contributed by atoms with Gasteiger partial charge in [0.1, 0.15) is 0 Å². The summed E-state index contributed by atoms with van der Waals surface area (Å²) < 4.78 is 5.44. The second kappa shape index (κ2) is 8.12. The first-order valence-electron chi connectivity index (χ1n) is 6.89. The van der Waals surface area contributed by atoms with E-state index in [0.717, 1.165) is 25.9 Å². The second-order valence-corrected chi connectivity index (χ2v) is 5.04. The molecule has 1 aliphatic rings. The van der Waals surface area contributed by atoms with E-state index in [-0.39, 0.29) is 0 Å². The Bertz CT molecular complexity index is 352. The van der Waals surface area contributed by atoms with Crippen molar-refractivity contribution in [3.05, 3.63) is 24.0 Å². The maximum atomic E-state index is 7.00. The summed E-state index contributed by atoms with van der Waals surface area (Å²) in [5.41, 5.74) is 2.38. The van der Waals surface area contributed by atoms with Crippen LogP contribution >= 0.6 is 0 Å². The van der Waals surface area contributed by atoms with Crippen LogP contribution in [0, 0.1) is 0 Å². The van der Waals surface area contributed by atoms with Gasteiger partial charge in [0.25, 0.3) is 0 Å². The van der Waals surface area contributed by atoms with Crippen molar-refractivity contribution < 1.29 is 9.84 Å². The highest BCUT2D eigenvalue weighted by molar-refractivity contribution is 5.45. The molecule has 1 fully saturated rings. The molecule has 4 nitrogen and oxygen atoms in total. The van der Waals surface area contributed by atoms with Gasteiger partial charge in [-0.3, -0.25) is 4.98 Å². The van der Waals surface area contributed by atoms with Crippen LogP contribution in [0.4, 0.5) is 5.69 Å². The summed E-state index contributed by atoms with van der Waals surface area (Å²) in [6.07, 6.45) is 4.73. The SMILES string of the molecule is CO.COC1CCCN(c2ccc(C(C)C)nc2)C1. The van der Waals surface area contributed by atoms with Crippen molar-refractivity contribution in [2.75, 3.05) is 32.2 Å². The lowest BCUT2D eigenvalue weighted by Crippen LogP contribution is -2.39. The molecule has 0 aromatic carbocycles. The molecule has 0 bridgehead atoms. The molecule has 1 atom stereocenters. The molecule has 0 spiro atoms. The Balaban J connectivity index is 0.000000861. The summed E-state index contributed by atoms with van der Waals surface area (Å²) in [4.78, 5) is 6.89. The summed E-state index contributed by atoms with van der Waals surface area (Å²) in [7, 11) is 2.80. The lowest BCUT2D eigenvalue weighted by molar-refractivity contribution is 0.0893. The number of nitrogens with zero attached hydrogens (tertiary/aromatic N) is 2. The number of aliphatic hydroxyl groups is 1. The van der Waals surface area contributed by atoms with Gasteiger partial charge in [0.05, 0.1) is 18.0 Å². The highest BCUT2D eigenvalue weighted by atomic mass is 16.5. The van der Waals surface area contributed by atoms with Crippen LogP contribution in [0.2, 0.25) is 0 Å². The third-order valence-corrected chi connectivity index (χ3v) is 3.44. The Morgan fingerprint density at radius 3 is 2.63 bits per heavy atom. The zero-order chi connectivity index (χ0) is 14.3. The number of hydrogen-bond donors (Lipinski definition) is 1. The first kappa shape index (κ1) is 15.9. The van der Waals surface area contributed by atoms with Gasteiger partial charge in [-0.05, 0) is 30.9 Å². The van der Waals surface area contributed by atoms with Gasteiger partial charge < -0.3 is 14.7 Å². The van der Waals surface area contributed by atoms with Crippen LogP contribution in [-0.2, 0) is 4.74 Å². The number of rotatable bonds is 3. The Kier molecular flexibility index (Phi) is 6.81. The molecule has 2 heterocycles. The van der Waals surface area contributed by atoms with E-state index < -0.39 is 0 Å². The van der Waals surface area contributed by atoms with Gasteiger partial charge in [-0.1, -0.05) is 13.8 Å². The van der Waals surface area contributed by atoms with Crippen molar-refractivity contribution in [2.45, 2.75) is 38.7 Å². The number of aromatic nitrogens is 1. The number of piperidine rings is 1. The highest BCUT2D eigenvalue weighted by Gasteiger charge is 2.19. The van der Waals surface area contributed by atoms with E-state index in [2.05, 4.69) is 35.9 Å². The Morgan fingerprint density at radius 2 is 2.11 bits per heavy atom. The number of anilines is 1. The molecule has 4 heteroatoms. The van der Waals surface area contributed by atoms with E-state index in [1.807, 2.05) is 6.20 Å². The average molecular weight is 266 g/mol. The van der Waals surface area contributed by atoms with Gasteiger partial charge >= 0.3 is 0 Å². The molecule has 108 valence electrons. The third-order valence-electron chi connectivity index (χ3n) is 3.44. The fourth-order valence-corrected chi connectivity index (χ4v) is 2.29. The van der Waals surface area contributed by atoms with Crippen LogP contribution in [0.25, 0.3) is 0 Å². The number of ether oxygens (including phenoxy) is 1. The first-order chi connectivity index (χ1) is 9.20. The molecule has 2 rings (SSSR count). The van der Waals surface area contributed by atoms with Crippen molar-refractivity contribution in [2.24, 2.45) is 0 Å².